The number of ether oxygens (including phenoxy) is 3. The average Bonchev–Trinajstić information content (AvgIpc) is 2.44. The van der Waals surface area contributed by atoms with Crippen molar-refractivity contribution in [1.82, 2.24) is 0 Å². The number of pyridine rings is 1. The summed E-state index contributed by atoms with van der Waals surface area (Å²) in [6.45, 7) is 5.16. The van der Waals surface area contributed by atoms with Gasteiger partial charge in [-0.25, -0.2) is 4.79 Å². The van der Waals surface area contributed by atoms with Crippen LogP contribution < -0.4 is 14.2 Å². The van der Waals surface area contributed by atoms with E-state index in [1.54, 1.807) is 6.92 Å². The molecule has 116 valence electrons. The van der Waals surface area contributed by atoms with Crippen molar-refractivity contribution in [3.63, 3.8) is 0 Å². The monoisotopic (exact) mass is 298 g/mol. The highest BCUT2D eigenvalue weighted by molar-refractivity contribution is 5.94. The molecule has 0 unspecified atom stereocenters. The summed E-state index contributed by atoms with van der Waals surface area (Å²) in [6, 6.07) is 0. The Morgan fingerprint density at radius 3 is 2.52 bits per heavy atom. The van der Waals surface area contributed by atoms with Gasteiger partial charge in [0.2, 0.25) is 11.9 Å². The minimum absolute atomic E-state index is 0.0479. The van der Waals surface area contributed by atoms with Gasteiger partial charge >= 0.3 is 11.9 Å². The predicted octanol–water partition coefficient (Wildman–Crippen LogP) is 1.41. The second-order valence-electron chi connectivity index (χ2n) is 4.42. The van der Waals surface area contributed by atoms with Crippen LogP contribution in [0.5, 0.6) is 11.5 Å². The van der Waals surface area contributed by atoms with Crippen LogP contribution >= 0.6 is 0 Å². The first-order valence-corrected chi connectivity index (χ1v) is 6.60. The van der Waals surface area contributed by atoms with Gasteiger partial charge < -0.3 is 14.2 Å². The maximum atomic E-state index is 11.8. The van der Waals surface area contributed by atoms with E-state index < -0.39 is 11.9 Å². The van der Waals surface area contributed by atoms with Gasteiger partial charge in [0.25, 0.3) is 5.69 Å². The van der Waals surface area contributed by atoms with Crippen molar-refractivity contribution >= 4 is 11.9 Å². The lowest BCUT2D eigenvalue weighted by atomic mass is 10.2. The van der Waals surface area contributed by atoms with Gasteiger partial charge in [-0.05, 0) is 6.42 Å². The molecule has 1 aromatic rings. The molecule has 0 saturated carbocycles. The van der Waals surface area contributed by atoms with Crippen LogP contribution in [-0.2, 0) is 9.53 Å². The number of unbranched alkanes of at least 4 members (excludes halogenated alkanes) is 1. The molecule has 0 aliphatic rings. The van der Waals surface area contributed by atoms with E-state index in [-0.39, 0.29) is 17.1 Å². The molecule has 1 heterocycles. The topological polar surface area (TPSA) is 85.9 Å². The third kappa shape index (κ3) is 4.08. The fraction of sp³-hybridized carbons (Fsp3) is 0.500. The fourth-order valence-electron chi connectivity index (χ4n) is 1.66. The maximum Gasteiger partial charge on any atom is 0.348 e. The Balaban J connectivity index is 3.37. The Labute approximate surface area is 123 Å². The standard InChI is InChI=1S/C14H20NO6/c1-5-6-7-20-12-9(2)15(18)8-11(14(17)19-4)13(12)21-10(3)16/h8,18H,5-7H2,1-4H3/q+1. The highest BCUT2D eigenvalue weighted by Gasteiger charge is 2.30. The molecule has 1 aromatic heterocycles. The highest BCUT2D eigenvalue weighted by atomic mass is 16.6. The van der Waals surface area contributed by atoms with Crippen molar-refractivity contribution in [3.8, 4) is 11.5 Å². The van der Waals surface area contributed by atoms with E-state index in [1.807, 2.05) is 6.92 Å². The lowest BCUT2D eigenvalue weighted by Crippen LogP contribution is -2.36. The molecule has 0 spiro atoms. The minimum atomic E-state index is -0.741. The van der Waals surface area contributed by atoms with E-state index in [2.05, 4.69) is 4.74 Å². The van der Waals surface area contributed by atoms with E-state index in [0.29, 0.717) is 12.3 Å². The molecule has 0 atom stereocenters. The molecule has 0 aromatic carbocycles. The Hall–Kier alpha value is -2.31. The minimum Gasteiger partial charge on any atom is -0.485 e. The van der Waals surface area contributed by atoms with E-state index in [0.717, 1.165) is 23.8 Å². The van der Waals surface area contributed by atoms with Crippen molar-refractivity contribution in [3.05, 3.63) is 17.5 Å². The van der Waals surface area contributed by atoms with Gasteiger partial charge in [0, 0.05) is 18.6 Å². The summed E-state index contributed by atoms with van der Waals surface area (Å²) in [7, 11) is 1.19. The molecule has 7 nitrogen and oxygen atoms in total. The summed E-state index contributed by atoms with van der Waals surface area (Å²) in [6.07, 6.45) is 2.82. The SMILES string of the molecule is CCCCOc1c(OC(C)=O)c(C(=O)OC)c[n+](O)c1C. The average molecular weight is 298 g/mol. The number of hydrogen-bond acceptors (Lipinski definition) is 6. The normalized spacial score (nSPS) is 10.1. The first-order valence-electron chi connectivity index (χ1n) is 6.60. The fourth-order valence-corrected chi connectivity index (χ4v) is 1.66. The maximum absolute atomic E-state index is 11.8. The van der Waals surface area contributed by atoms with Gasteiger partial charge in [-0.3, -0.25) is 10.0 Å². The zero-order chi connectivity index (χ0) is 16.0. The number of carbonyl (C=O) groups excluding carboxylic acids is 2. The molecule has 7 heteroatoms. The Kier molecular flexibility index (Phi) is 5.95. The summed E-state index contributed by atoms with van der Waals surface area (Å²) >= 11 is 0. The van der Waals surface area contributed by atoms with Crippen LogP contribution in [0.15, 0.2) is 6.20 Å². The van der Waals surface area contributed by atoms with E-state index in [9.17, 15) is 14.8 Å². The number of methoxy groups -OCH3 is 1. The van der Waals surface area contributed by atoms with E-state index in [4.69, 9.17) is 9.47 Å². The summed E-state index contributed by atoms with van der Waals surface area (Å²) in [4.78, 5) is 23.0. The third-order valence-corrected chi connectivity index (χ3v) is 2.77. The Bertz CT molecular complexity index is 541. The van der Waals surface area contributed by atoms with Gasteiger partial charge in [0.15, 0.2) is 11.3 Å². The van der Waals surface area contributed by atoms with Gasteiger partial charge in [-0.2, -0.15) is 0 Å². The summed E-state index contributed by atoms with van der Waals surface area (Å²) in [5.74, 6) is -1.25. The van der Waals surface area contributed by atoms with Crippen LogP contribution in [0, 0.1) is 6.92 Å². The molecule has 0 aliphatic carbocycles. The number of esters is 2. The molecule has 1 N–H and O–H groups in total. The molecule has 0 aliphatic heterocycles. The number of carbonyl (C=O) groups is 2. The van der Waals surface area contributed by atoms with Crippen molar-refractivity contribution in [2.24, 2.45) is 0 Å². The highest BCUT2D eigenvalue weighted by Crippen LogP contribution is 2.33. The van der Waals surface area contributed by atoms with Crippen molar-refractivity contribution < 1.29 is 33.7 Å². The van der Waals surface area contributed by atoms with Crippen LogP contribution in [0.1, 0.15) is 42.7 Å². The van der Waals surface area contributed by atoms with Gasteiger partial charge in [-0.1, -0.05) is 13.3 Å². The number of nitrogens with zero attached hydrogens (tertiary/aromatic N) is 1. The Morgan fingerprint density at radius 2 is 2.00 bits per heavy atom. The zero-order valence-electron chi connectivity index (χ0n) is 12.6. The van der Waals surface area contributed by atoms with E-state index >= 15 is 0 Å². The molecule has 21 heavy (non-hydrogen) atoms. The second kappa shape index (κ2) is 7.47. The summed E-state index contributed by atoms with van der Waals surface area (Å²) in [5, 5.41) is 9.83. The molecule has 0 radical (unpaired) electrons. The summed E-state index contributed by atoms with van der Waals surface area (Å²) in [5.41, 5.74) is 0.224. The van der Waals surface area contributed by atoms with Crippen molar-refractivity contribution in [2.75, 3.05) is 13.7 Å². The smallest absolute Gasteiger partial charge is 0.348 e. The van der Waals surface area contributed by atoms with Gasteiger partial charge in [0.05, 0.1) is 13.7 Å². The number of rotatable bonds is 6. The number of aromatic nitrogens is 1. The lowest BCUT2D eigenvalue weighted by Gasteiger charge is -2.13. The largest absolute Gasteiger partial charge is 0.485 e. The summed E-state index contributed by atoms with van der Waals surface area (Å²) < 4.78 is 16.0. The van der Waals surface area contributed by atoms with Crippen LogP contribution in [0.25, 0.3) is 0 Å². The van der Waals surface area contributed by atoms with Gasteiger partial charge in [0.1, 0.15) is 0 Å². The zero-order valence-corrected chi connectivity index (χ0v) is 12.6. The molecule has 1 rings (SSSR count). The van der Waals surface area contributed by atoms with Crippen LogP contribution in [0.2, 0.25) is 0 Å². The quantitative estimate of drug-likeness (QED) is 0.370. The number of hydrogen-bond donors (Lipinski definition) is 1. The molecule has 0 fully saturated rings. The molecular weight excluding hydrogens is 278 g/mol. The van der Waals surface area contributed by atoms with Crippen molar-refractivity contribution in [2.45, 2.75) is 33.6 Å². The predicted molar refractivity (Wildman–Crippen MR) is 71.6 cm³/mol. The van der Waals surface area contributed by atoms with E-state index in [1.165, 1.54) is 14.0 Å². The molecule has 0 bridgehead atoms. The van der Waals surface area contributed by atoms with Crippen LogP contribution in [0.3, 0.4) is 0 Å². The molecular formula is C14H20NO6+. The molecule has 0 amide bonds. The van der Waals surface area contributed by atoms with Crippen LogP contribution in [0.4, 0.5) is 0 Å². The first kappa shape index (κ1) is 16.7. The van der Waals surface area contributed by atoms with Crippen molar-refractivity contribution in [1.29, 1.82) is 0 Å². The van der Waals surface area contributed by atoms with Crippen LogP contribution in [-0.4, -0.2) is 30.9 Å². The van der Waals surface area contributed by atoms with Gasteiger partial charge in [-0.15, -0.1) is 0 Å². The molecule has 0 saturated heterocycles. The first-order chi connectivity index (χ1) is 9.92. The second-order valence-corrected chi connectivity index (χ2v) is 4.42. The lowest BCUT2D eigenvalue weighted by molar-refractivity contribution is -0.909. The Morgan fingerprint density at radius 1 is 1.33 bits per heavy atom. The third-order valence-electron chi connectivity index (χ3n) is 2.77.